The summed E-state index contributed by atoms with van der Waals surface area (Å²) in [4.78, 5) is 20.9. The number of nitrogens with zero attached hydrogens (tertiary/aromatic N) is 4. The molecule has 3 aromatic heterocycles. The van der Waals surface area contributed by atoms with Crippen LogP contribution in [0.4, 0.5) is 0 Å². The summed E-state index contributed by atoms with van der Waals surface area (Å²) in [6.07, 6.45) is 7.54. The Bertz CT molecular complexity index is 779. The van der Waals surface area contributed by atoms with Gasteiger partial charge in [0.15, 0.2) is 0 Å². The number of rotatable bonds is 3. The highest BCUT2D eigenvalue weighted by Gasteiger charge is 2.27. The lowest BCUT2D eigenvalue weighted by Gasteiger charge is -2.32. The van der Waals surface area contributed by atoms with E-state index in [-0.39, 0.29) is 11.9 Å². The maximum Gasteiger partial charge on any atom is 0.265 e. The van der Waals surface area contributed by atoms with Gasteiger partial charge in [-0.25, -0.2) is 4.98 Å². The summed E-state index contributed by atoms with van der Waals surface area (Å²) in [6, 6.07) is 6.23. The highest BCUT2D eigenvalue weighted by Crippen LogP contribution is 2.30. The number of amides is 1. The Balaban J connectivity index is 1.50. The summed E-state index contributed by atoms with van der Waals surface area (Å²) in [5.41, 5.74) is 0. The van der Waals surface area contributed by atoms with Crippen molar-refractivity contribution in [2.24, 2.45) is 0 Å². The Morgan fingerprint density at radius 2 is 2.30 bits per heavy atom. The van der Waals surface area contributed by atoms with E-state index in [9.17, 15) is 4.79 Å². The standard InChI is InChI=1S/C16H16N4OS2/c21-16(14-10-17-15(23-14)13-5-2-9-22-13)19-7-1-4-12(11-19)20-8-3-6-18-20/h2-3,5-6,8-10,12H,1,4,7,11H2/t12-/m1/s1. The first-order chi connectivity index (χ1) is 11.3. The molecule has 1 aliphatic heterocycles. The van der Waals surface area contributed by atoms with E-state index in [0.29, 0.717) is 6.54 Å². The van der Waals surface area contributed by atoms with Gasteiger partial charge in [0.25, 0.3) is 5.91 Å². The zero-order valence-electron chi connectivity index (χ0n) is 12.5. The summed E-state index contributed by atoms with van der Waals surface area (Å²) in [7, 11) is 0. The second-order valence-corrected chi connectivity index (χ2v) is 7.52. The molecule has 118 valence electrons. The summed E-state index contributed by atoms with van der Waals surface area (Å²) in [5.74, 6) is 0.0853. The van der Waals surface area contributed by atoms with Crippen LogP contribution in [0, 0.1) is 0 Å². The van der Waals surface area contributed by atoms with Crippen molar-refractivity contribution < 1.29 is 4.79 Å². The third-order valence-electron chi connectivity index (χ3n) is 4.03. The molecule has 3 aromatic rings. The van der Waals surface area contributed by atoms with Gasteiger partial charge in [0.05, 0.1) is 17.1 Å². The van der Waals surface area contributed by atoms with E-state index >= 15 is 0 Å². The average Bonchev–Trinajstić information content (AvgIpc) is 3.36. The van der Waals surface area contributed by atoms with Crippen molar-refractivity contribution in [2.45, 2.75) is 18.9 Å². The van der Waals surface area contributed by atoms with Crippen molar-refractivity contribution in [2.75, 3.05) is 13.1 Å². The largest absolute Gasteiger partial charge is 0.336 e. The molecule has 0 unspecified atom stereocenters. The highest BCUT2D eigenvalue weighted by molar-refractivity contribution is 7.21. The molecule has 23 heavy (non-hydrogen) atoms. The number of likely N-dealkylation sites (tertiary alicyclic amines) is 1. The lowest BCUT2D eigenvalue weighted by molar-refractivity contribution is 0.0677. The van der Waals surface area contributed by atoms with Gasteiger partial charge in [-0.2, -0.15) is 5.10 Å². The van der Waals surface area contributed by atoms with Crippen LogP contribution in [-0.4, -0.2) is 38.7 Å². The van der Waals surface area contributed by atoms with Gasteiger partial charge in [-0.05, 0) is 30.4 Å². The Hall–Kier alpha value is -1.99. The predicted octanol–water partition coefficient (Wildman–Crippen LogP) is 3.55. The molecule has 0 bridgehead atoms. The lowest BCUT2D eigenvalue weighted by Crippen LogP contribution is -2.40. The van der Waals surface area contributed by atoms with E-state index < -0.39 is 0 Å². The van der Waals surface area contributed by atoms with Crippen LogP contribution in [0.3, 0.4) is 0 Å². The molecule has 4 heterocycles. The van der Waals surface area contributed by atoms with Gasteiger partial charge in [-0.15, -0.1) is 22.7 Å². The number of hydrogen-bond acceptors (Lipinski definition) is 5. The Morgan fingerprint density at radius 3 is 3.09 bits per heavy atom. The molecule has 1 saturated heterocycles. The second kappa shape index (κ2) is 6.25. The molecule has 0 N–H and O–H groups in total. The molecule has 1 aliphatic rings. The third-order valence-corrected chi connectivity index (χ3v) is 6.06. The van der Waals surface area contributed by atoms with E-state index in [1.807, 2.05) is 39.4 Å². The van der Waals surface area contributed by atoms with Crippen molar-refractivity contribution in [3.63, 3.8) is 0 Å². The fraction of sp³-hybridized carbons (Fsp3) is 0.312. The SMILES string of the molecule is O=C(c1cnc(-c2cccs2)s1)N1CCC[C@@H](n2cccn2)C1. The van der Waals surface area contributed by atoms with Gasteiger partial charge in [0.1, 0.15) is 9.88 Å². The molecule has 1 amide bonds. The third kappa shape index (κ3) is 2.94. The molecule has 0 saturated carbocycles. The van der Waals surface area contributed by atoms with E-state index in [0.717, 1.165) is 34.1 Å². The van der Waals surface area contributed by atoms with Crippen LogP contribution < -0.4 is 0 Å². The number of piperidine rings is 1. The van der Waals surface area contributed by atoms with Crippen molar-refractivity contribution in [1.29, 1.82) is 0 Å². The molecule has 0 radical (unpaired) electrons. The van der Waals surface area contributed by atoms with E-state index in [1.165, 1.54) is 11.3 Å². The monoisotopic (exact) mass is 344 g/mol. The number of aromatic nitrogens is 3. The fourth-order valence-corrected chi connectivity index (χ4v) is 4.58. The quantitative estimate of drug-likeness (QED) is 0.730. The molecule has 4 rings (SSSR count). The van der Waals surface area contributed by atoms with Gasteiger partial charge in [0, 0.05) is 25.5 Å². The normalized spacial score (nSPS) is 18.3. The molecular formula is C16H16N4OS2. The zero-order valence-corrected chi connectivity index (χ0v) is 14.1. The molecule has 7 heteroatoms. The molecular weight excluding hydrogens is 328 g/mol. The molecule has 0 aromatic carbocycles. The van der Waals surface area contributed by atoms with Crippen LogP contribution >= 0.6 is 22.7 Å². The van der Waals surface area contributed by atoms with Crippen molar-refractivity contribution >= 4 is 28.6 Å². The van der Waals surface area contributed by atoms with Crippen LogP contribution in [0.25, 0.3) is 9.88 Å². The van der Waals surface area contributed by atoms with E-state index in [2.05, 4.69) is 10.1 Å². The highest BCUT2D eigenvalue weighted by atomic mass is 32.1. The van der Waals surface area contributed by atoms with Crippen LogP contribution in [0.1, 0.15) is 28.6 Å². The maximum absolute atomic E-state index is 12.8. The summed E-state index contributed by atoms with van der Waals surface area (Å²) in [6.45, 7) is 1.52. The van der Waals surface area contributed by atoms with Gasteiger partial charge >= 0.3 is 0 Å². The minimum atomic E-state index is 0.0853. The first-order valence-electron chi connectivity index (χ1n) is 7.59. The summed E-state index contributed by atoms with van der Waals surface area (Å²) in [5, 5.41) is 7.26. The molecule has 1 fully saturated rings. The average molecular weight is 344 g/mol. The second-order valence-electron chi connectivity index (χ2n) is 5.54. The summed E-state index contributed by atoms with van der Waals surface area (Å²) >= 11 is 3.12. The molecule has 0 aliphatic carbocycles. The smallest absolute Gasteiger partial charge is 0.265 e. The summed E-state index contributed by atoms with van der Waals surface area (Å²) < 4.78 is 1.96. The molecule has 1 atom stereocenters. The minimum Gasteiger partial charge on any atom is -0.336 e. The van der Waals surface area contributed by atoms with Gasteiger partial charge in [-0.3, -0.25) is 9.48 Å². The Morgan fingerprint density at radius 1 is 1.35 bits per heavy atom. The van der Waals surface area contributed by atoms with Crippen molar-refractivity contribution in [1.82, 2.24) is 19.7 Å². The topological polar surface area (TPSA) is 51.0 Å². The zero-order chi connectivity index (χ0) is 15.6. The maximum atomic E-state index is 12.8. The number of thiophene rings is 1. The van der Waals surface area contributed by atoms with Crippen LogP contribution in [0.15, 0.2) is 42.2 Å². The van der Waals surface area contributed by atoms with E-state index in [4.69, 9.17) is 0 Å². The Labute approximate surface area is 142 Å². The molecule has 0 spiro atoms. The minimum absolute atomic E-state index is 0.0853. The van der Waals surface area contributed by atoms with Crippen LogP contribution in [0.5, 0.6) is 0 Å². The first kappa shape index (κ1) is 14.6. The number of carbonyl (C=O) groups is 1. The predicted molar refractivity (Wildman–Crippen MR) is 91.8 cm³/mol. The number of thiazole rings is 1. The first-order valence-corrected chi connectivity index (χ1v) is 9.29. The number of carbonyl (C=O) groups excluding carboxylic acids is 1. The van der Waals surface area contributed by atoms with Gasteiger partial charge in [0.2, 0.25) is 0 Å². The van der Waals surface area contributed by atoms with Crippen LogP contribution in [-0.2, 0) is 0 Å². The van der Waals surface area contributed by atoms with Crippen LogP contribution in [0.2, 0.25) is 0 Å². The Kier molecular flexibility index (Phi) is 3.97. The number of hydrogen-bond donors (Lipinski definition) is 0. The van der Waals surface area contributed by atoms with Gasteiger partial charge < -0.3 is 4.90 Å². The lowest BCUT2D eigenvalue weighted by atomic mass is 10.1. The van der Waals surface area contributed by atoms with Gasteiger partial charge in [-0.1, -0.05) is 6.07 Å². The van der Waals surface area contributed by atoms with Crippen molar-refractivity contribution in [3.05, 3.63) is 47.0 Å². The molecule has 5 nitrogen and oxygen atoms in total. The van der Waals surface area contributed by atoms with Crippen molar-refractivity contribution in [3.8, 4) is 9.88 Å². The fourth-order valence-electron chi connectivity index (χ4n) is 2.89. The van der Waals surface area contributed by atoms with E-state index in [1.54, 1.807) is 23.7 Å².